The zero-order valence-corrected chi connectivity index (χ0v) is 13.9. The van der Waals surface area contributed by atoms with Gasteiger partial charge in [-0.2, -0.15) is 0 Å². The SMILES string of the molecule is CC(=O)OC/C=C(\C)CC[C@H]1O[C@]1(C)CC[C@H]1OC1(C)C. The molecule has 0 bridgehead atoms. The van der Waals surface area contributed by atoms with Crippen molar-refractivity contribution < 1.29 is 19.0 Å². The van der Waals surface area contributed by atoms with Gasteiger partial charge in [0.15, 0.2) is 0 Å². The Kier molecular flexibility index (Phi) is 4.79. The molecule has 4 heteroatoms. The highest BCUT2D eigenvalue weighted by Gasteiger charge is 2.54. The lowest BCUT2D eigenvalue weighted by atomic mass is 9.94. The molecule has 0 amide bonds. The van der Waals surface area contributed by atoms with E-state index in [-0.39, 0.29) is 17.2 Å². The Bertz CT molecular complexity index is 427. The Morgan fingerprint density at radius 1 is 1.14 bits per heavy atom. The number of ether oxygens (including phenoxy) is 3. The lowest BCUT2D eigenvalue weighted by Crippen LogP contribution is -2.13. The molecule has 2 fully saturated rings. The number of esters is 1. The molecule has 0 radical (unpaired) electrons. The third-order valence-corrected chi connectivity index (χ3v) is 4.62. The van der Waals surface area contributed by atoms with E-state index in [1.807, 2.05) is 6.08 Å². The summed E-state index contributed by atoms with van der Waals surface area (Å²) in [6.07, 6.45) is 6.92. The minimum atomic E-state index is -0.234. The molecule has 0 N–H and O–H groups in total. The average Bonchev–Trinajstić information content (AvgIpc) is 3.21. The van der Waals surface area contributed by atoms with Gasteiger partial charge in [0.05, 0.1) is 23.4 Å². The predicted octanol–water partition coefficient (Wildman–Crippen LogP) is 3.39. The van der Waals surface area contributed by atoms with E-state index < -0.39 is 0 Å². The fraction of sp³-hybridized carbons (Fsp3) is 0.824. The summed E-state index contributed by atoms with van der Waals surface area (Å²) >= 11 is 0. The first kappa shape index (κ1) is 16.5. The zero-order valence-electron chi connectivity index (χ0n) is 13.9. The molecule has 21 heavy (non-hydrogen) atoms. The van der Waals surface area contributed by atoms with E-state index in [2.05, 4.69) is 27.7 Å². The molecule has 2 saturated heterocycles. The molecule has 2 heterocycles. The van der Waals surface area contributed by atoms with E-state index in [1.54, 1.807) is 0 Å². The average molecular weight is 296 g/mol. The highest BCUT2D eigenvalue weighted by atomic mass is 16.6. The van der Waals surface area contributed by atoms with E-state index in [1.165, 1.54) is 12.5 Å². The van der Waals surface area contributed by atoms with Crippen molar-refractivity contribution in [1.29, 1.82) is 0 Å². The molecule has 0 aliphatic carbocycles. The summed E-state index contributed by atoms with van der Waals surface area (Å²) < 4.78 is 16.4. The number of hydrogen-bond donors (Lipinski definition) is 0. The number of rotatable bonds is 8. The lowest BCUT2D eigenvalue weighted by molar-refractivity contribution is -0.139. The number of epoxide rings is 2. The van der Waals surface area contributed by atoms with Crippen LogP contribution in [0.1, 0.15) is 60.3 Å². The maximum Gasteiger partial charge on any atom is 0.302 e. The van der Waals surface area contributed by atoms with Crippen LogP contribution in [0.15, 0.2) is 11.6 Å². The number of carbonyl (C=O) groups is 1. The van der Waals surface area contributed by atoms with E-state index in [9.17, 15) is 4.79 Å². The van der Waals surface area contributed by atoms with Gasteiger partial charge in [0.2, 0.25) is 0 Å². The summed E-state index contributed by atoms with van der Waals surface area (Å²) in [7, 11) is 0. The first-order valence-corrected chi connectivity index (χ1v) is 7.87. The van der Waals surface area contributed by atoms with Crippen LogP contribution < -0.4 is 0 Å². The molecular weight excluding hydrogens is 268 g/mol. The van der Waals surface area contributed by atoms with Crippen molar-refractivity contribution in [2.75, 3.05) is 6.61 Å². The van der Waals surface area contributed by atoms with E-state index in [0.29, 0.717) is 18.8 Å². The van der Waals surface area contributed by atoms with Gasteiger partial charge in [-0.15, -0.1) is 0 Å². The van der Waals surface area contributed by atoms with Crippen molar-refractivity contribution in [2.45, 2.75) is 83.7 Å². The van der Waals surface area contributed by atoms with Gasteiger partial charge >= 0.3 is 5.97 Å². The molecule has 3 atom stereocenters. The number of carbonyl (C=O) groups excluding carboxylic acids is 1. The minimum Gasteiger partial charge on any atom is -0.462 e. The molecule has 120 valence electrons. The highest BCUT2D eigenvalue weighted by Crippen LogP contribution is 2.47. The van der Waals surface area contributed by atoms with Gasteiger partial charge < -0.3 is 14.2 Å². The van der Waals surface area contributed by atoms with Crippen LogP contribution >= 0.6 is 0 Å². The Hall–Kier alpha value is -0.870. The molecule has 0 saturated carbocycles. The van der Waals surface area contributed by atoms with Gasteiger partial charge in [0, 0.05) is 6.92 Å². The minimum absolute atomic E-state index is 0.0399. The van der Waals surface area contributed by atoms with Gasteiger partial charge in [-0.3, -0.25) is 4.79 Å². The molecule has 0 aromatic carbocycles. The topological polar surface area (TPSA) is 51.4 Å². The highest BCUT2D eigenvalue weighted by molar-refractivity contribution is 5.66. The molecule has 2 rings (SSSR count). The summed E-state index contributed by atoms with van der Waals surface area (Å²) in [4.78, 5) is 10.7. The van der Waals surface area contributed by atoms with Gasteiger partial charge in [-0.25, -0.2) is 0 Å². The maximum absolute atomic E-state index is 10.7. The second-order valence-electron chi connectivity index (χ2n) is 7.06. The molecular formula is C17H28O4. The van der Waals surface area contributed by atoms with Gasteiger partial charge in [-0.05, 0) is 59.5 Å². The smallest absolute Gasteiger partial charge is 0.302 e. The summed E-state index contributed by atoms with van der Waals surface area (Å²) in [6.45, 7) is 10.4. The van der Waals surface area contributed by atoms with E-state index >= 15 is 0 Å². The summed E-state index contributed by atoms with van der Waals surface area (Å²) in [5, 5.41) is 0. The van der Waals surface area contributed by atoms with Crippen LogP contribution in [0.3, 0.4) is 0 Å². The maximum atomic E-state index is 10.7. The monoisotopic (exact) mass is 296 g/mol. The molecule has 2 aliphatic heterocycles. The van der Waals surface area contributed by atoms with Crippen LogP contribution in [-0.2, 0) is 19.0 Å². The third kappa shape index (κ3) is 4.82. The fourth-order valence-electron chi connectivity index (χ4n) is 2.79. The van der Waals surface area contributed by atoms with Crippen molar-refractivity contribution in [1.82, 2.24) is 0 Å². The van der Waals surface area contributed by atoms with Crippen LogP contribution in [-0.4, -0.2) is 36.0 Å². The second-order valence-corrected chi connectivity index (χ2v) is 7.06. The normalized spacial score (nSPS) is 33.7. The van der Waals surface area contributed by atoms with Crippen LogP contribution in [0, 0.1) is 0 Å². The summed E-state index contributed by atoms with van der Waals surface area (Å²) in [6, 6.07) is 0. The molecule has 0 spiro atoms. The molecule has 4 nitrogen and oxygen atoms in total. The van der Waals surface area contributed by atoms with Crippen molar-refractivity contribution in [2.24, 2.45) is 0 Å². The standard InChI is InChI=1S/C17H28O4/c1-12(9-11-19-13(2)18)6-7-15-17(5,21-15)10-8-14-16(3,4)20-14/h9,14-15H,6-8,10-11H2,1-5H3/b12-9+/t14-,15-,17-/m1/s1. The molecule has 2 aliphatic rings. The van der Waals surface area contributed by atoms with Crippen LogP contribution in [0.25, 0.3) is 0 Å². The second kappa shape index (κ2) is 6.09. The predicted molar refractivity (Wildman–Crippen MR) is 81.1 cm³/mol. The quantitative estimate of drug-likeness (QED) is 0.391. The number of hydrogen-bond acceptors (Lipinski definition) is 4. The van der Waals surface area contributed by atoms with Crippen LogP contribution in [0.2, 0.25) is 0 Å². The molecule has 0 aromatic heterocycles. The molecule has 0 unspecified atom stereocenters. The Labute approximate surface area is 127 Å². The van der Waals surface area contributed by atoms with Crippen molar-refractivity contribution in [3.8, 4) is 0 Å². The third-order valence-electron chi connectivity index (χ3n) is 4.62. The lowest BCUT2D eigenvalue weighted by Gasteiger charge is -2.06. The zero-order chi connectivity index (χ0) is 15.7. The fourth-order valence-corrected chi connectivity index (χ4v) is 2.79. The van der Waals surface area contributed by atoms with Gasteiger partial charge in [0.25, 0.3) is 0 Å². The Morgan fingerprint density at radius 3 is 2.38 bits per heavy atom. The summed E-state index contributed by atoms with van der Waals surface area (Å²) in [5.74, 6) is -0.234. The summed E-state index contributed by atoms with van der Waals surface area (Å²) in [5.41, 5.74) is 1.37. The Balaban J connectivity index is 1.61. The van der Waals surface area contributed by atoms with E-state index in [4.69, 9.17) is 14.2 Å². The Morgan fingerprint density at radius 2 is 1.81 bits per heavy atom. The first-order chi connectivity index (χ1) is 9.73. The largest absolute Gasteiger partial charge is 0.462 e. The number of allylic oxidation sites excluding steroid dienone is 1. The van der Waals surface area contributed by atoms with E-state index in [0.717, 1.165) is 25.7 Å². The van der Waals surface area contributed by atoms with Crippen molar-refractivity contribution in [3.63, 3.8) is 0 Å². The van der Waals surface area contributed by atoms with Gasteiger partial charge in [0.1, 0.15) is 6.61 Å². The van der Waals surface area contributed by atoms with Crippen LogP contribution in [0.4, 0.5) is 0 Å². The van der Waals surface area contributed by atoms with Crippen molar-refractivity contribution >= 4 is 5.97 Å². The first-order valence-electron chi connectivity index (χ1n) is 7.87. The van der Waals surface area contributed by atoms with Crippen molar-refractivity contribution in [3.05, 3.63) is 11.6 Å². The molecule has 0 aromatic rings. The van der Waals surface area contributed by atoms with Gasteiger partial charge in [-0.1, -0.05) is 5.57 Å². The van der Waals surface area contributed by atoms with Crippen LogP contribution in [0.5, 0.6) is 0 Å².